The van der Waals surface area contributed by atoms with Crippen molar-refractivity contribution in [3.8, 4) is 5.75 Å². The van der Waals surface area contributed by atoms with Gasteiger partial charge in [0.15, 0.2) is 5.78 Å². The molecule has 0 unspecified atom stereocenters. The third-order valence-corrected chi connectivity index (χ3v) is 6.41. The second kappa shape index (κ2) is 13.2. The Kier molecular flexibility index (Phi) is 9.29. The number of aliphatic carboxylic acids is 2. The van der Waals surface area contributed by atoms with Gasteiger partial charge in [-0.15, -0.1) is 0 Å². The summed E-state index contributed by atoms with van der Waals surface area (Å²) in [7, 11) is 0. The fourth-order valence-corrected chi connectivity index (χ4v) is 4.50. The fraction of sp³-hybridized carbons (Fsp3) is 0.219. The first-order valence-electron chi connectivity index (χ1n) is 12.9. The standard InChI is InChI=1S/C32H31NO6/c34-29(18-19-30(35)36)28-21-33(22-31(37)38)32-25(10-6-11-27(28)32)15-12-24-13-16-26(17-14-24)39-20-5-4-9-23-7-2-1-3-8-23/h1-3,6-8,10-17,21H,4-5,9,18-20,22H2,(H,35,36)(H,37,38). The molecule has 4 rings (SSSR count). The number of fused-ring (bicyclic) bond motifs is 1. The molecule has 3 aromatic carbocycles. The van der Waals surface area contributed by atoms with Gasteiger partial charge in [-0.2, -0.15) is 0 Å². The Morgan fingerprint density at radius 2 is 1.56 bits per heavy atom. The average molecular weight is 526 g/mol. The van der Waals surface area contributed by atoms with Gasteiger partial charge in [0.1, 0.15) is 12.3 Å². The topological polar surface area (TPSA) is 106 Å². The predicted octanol–water partition coefficient (Wildman–Crippen LogP) is 6.35. The molecule has 1 heterocycles. The largest absolute Gasteiger partial charge is 0.494 e. The van der Waals surface area contributed by atoms with Crippen molar-refractivity contribution in [3.63, 3.8) is 0 Å². The minimum Gasteiger partial charge on any atom is -0.494 e. The molecule has 200 valence electrons. The number of hydrogen-bond donors (Lipinski definition) is 2. The number of hydrogen-bond acceptors (Lipinski definition) is 4. The summed E-state index contributed by atoms with van der Waals surface area (Å²) < 4.78 is 7.41. The van der Waals surface area contributed by atoms with E-state index in [9.17, 15) is 19.5 Å². The van der Waals surface area contributed by atoms with Crippen LogP contribution in [0.5, 0.6) is 5.75 Å². The Balaban J connectivity index is 1.43. The van der Waals surface area contributed by atoms with Crippen LogP contribution in [0.15, 0.2) is 79.0 Å². The number of carboxylic acids is 2. The Bertz CT molecular complexity index is 1470. The van der Waals surface area contributed by atoms with Gasteiger partial charge in [-0.1, -0.05) is 72.8 Å². The monoisotopic (exact) mass is 525 g/mol. The Morgan fingerprint density at radius 3 is 2.28 bits per heavy atom. The lowest BCUT2D eigenvalue weighted by Crippen LogP contribution is -2.08. The van der Waals surface area contributed by atoms with Crippen LogP contribution in [0.1, 0.15) is 52.7 Å². The van der Waals surface area contributed by atoms with Crippen molar-refractivity contribution in [3.05, 3.63) is 101 Å². The average Bonchev–Trinajstić information content (AvgIpc) is 3.30. The number of Topliss-reactive ketones (excluding diaryl/α,β-unsaturated/α-hetero) is 1. The van der Waals surface area contributed by atoms with E-state index in [4.69, 9.17) is 9.84 Å². The maximum Gasteiger partial charge on any atom is 0.323 e. The SMILES string of the molecule is O=C(O)CCC(=O)c1cn(CC(=O)O)c2c(C=Cc3ccc(OCCCCc4ccccc4)cc3)cccc12. The van der Waals surface area contributed by atoms with Crippen LogP contribution in [0.4, 0.5) is 0 Å². The molecule has 1 aromatic heterocycles. The van der Waals surface area contributed by atoms with Crippen molar-refractivity contribution >= 4 is 40.8 Å². The van der Waals surface area contributed by atoms with Gasteiger partial charge in [-0.3, -0.25) is 14.4 Å². The van der Waals surface area contributed by atoms with Gasteiger partial charge in [0, 0.05) is 23.6 Å². The minimum absolute atomic E-state index is 0.150. The summed E-state index contributed by atoms with van der Waals surface area (Å²) in [5.41, 5.74) is 3.97. The number of carbonyl (C=O) groups excluding carboxylic acids is 1. The molecule has 7 nitrogen and oxygen atoms in total. The summed E-state index contributed by atoms with van der Waals surface area (Å²) in [4.78, 5) is 35.1. The van der Waals surface area contributed by atoms with Crippen LogP contribution in [0, 0.1) is 0 Å². The van der Waals surface area contributed by atoms with E-state index in [0.29, 0.717) is 23.1 Å². The molecular weight excluding hydrogens is 494 g/mol. The quantitative estimate of drug-likeness (QED) is 0.113. The first kappa shape index (κ1) is 27.4. The number of benzene rings is 3. The third kappa shape index (κ3) is 7.68. The molecule has 0 saturated heterocycles. The zero-order valence-corrected chi connectivity index (χ0v) is 21.6. The van der Waals surface area contributed by atoms with Crippen molar-refractivity contribution < 1.29 is 29.3 Å². The van der Waals surface area contributed by atoms with E-state index in [1.807, 2.05) is 48.6 Å². The smallest absolute Gasteiger partial charge is 0.323 e. The first-order valence-corrected chi connectivity index (χ1v) is 12.9. The van der Waals surface area contributed by atoms with Crippen LogP contribution < -0.4 is 4.74 Å². The molecule has 0 atom stereocenters. The number of ketones is 1. The maximum atomic E-state index is 12.7. The molecule has 0 aliphatic carbocycles. The Morgan fingerprint density at radius 1 is 0.795 bits per heavy atom. The van der Waals surface area contributed by atoms with Gasteiger partial charge in [-0.05, 0) is 48.1 Å². The number of para-hydroxylation sites is 1. The highest BCUT2D eigenvalue weighted by atomic mass is 16.5. The van der Waals surface area contributed by atoms with Crippen molar-refractivity contribution in [1.29, 1.82) is 0 Å². The number of aryl methyl sites for hydroxylation is 1. The van der Waals surface area contributed by atoms with Crippen LogP contribution in [0.3, 0.4) is 0 Å². The molecule has 0 bridgehead atoms. The van der Waals surface area contributed by atoms with E-state index in [1.165, 1.54) is 16.3 Å². The van der Waals surface area contributed by atoms with Crippen molar-refractivity contribution in [1.82, 2.24) is 4.57 Å². The molecule has 0 spiro atoms. The van der Waals surface area contributed by atoms with E-state index in [-0.39, 0.29) is 25.2 Å². The lowest BCUT2D eigenvalue weighted by molar-refractivity contribution is -0.138. The molecular formula is C32H31NO6. The molecule has 0 saturated carbocycles. The van der Waals surface area contributed by atoms with Gasteiger partial charge >= 0.3 is 11.9 Å². The van der Waals surface area contributed by atoms with Crippen LogP contribution in [0.2, 0.25) is 0 Å². The van der Waals surface area contributed by atoms with Crippen LogP contribution in [0.25, 0.3) is 23.1 Å². The molecule has 0 amide bonds. The second-order valence-electron chi connectivity index (χ2n) is 9.32. The number of unbranched alkanes of at least 4 members (excludes halogenated alkanes) is 1. The number of nitrogens with zero attached hydrogens (tertiary/aromatic N) is 1. The molecule has 4 aromatic rings. The number of ether oxygens (including phenoxy) is 1. The Labute approximate surface area is 227 Å². The highest BCUT2D eigenvalue weighted by molar-refractivity contribution is 6.10. The van der Waals surface area contributed by atoms with Crippen molar-refractivity contribution in [2.24, 2.45) is 0 Å². The summed E-state index contributed by atoms with van der Waals surface area (Å²) in [5, 5.41) is 18.9. The van der Waals surface area contributed by atoms with Crippen LogP contribution >= 0.6 is 0 Å². The zero-order valence-electron chi connectivity index (χ0n) is 21.6. The van der Waals surface area contributed by atoms with Gasteiger partial charge in [0.2, 0.25) is 0 Å². The van der Waals surface area contributed by atoms with E-state index in [2.05, 4.69) is 24.3 Å². The van der Waals surface area contributed by atoms with Crippen molar-refractivity contribution in [2.45, 2.75) is 38.6 Å². The van der Waals surface area contributed by atoms with Gasteiger partial charge in [0.05, 0.1) is 18.5 Å². The number of carbonyl (C=O) groups is 3. The van der Waals surface area contributed by atoms with Crippen molar-refractivity contribution in [2.75, 3.05) is 6.61 Å². The number of rotatable bonds is 14. The number of carboxylic acid groups (broad SMARTS) is 2. The lowest BCUT2D eigenvalue weighted by atomic mass is 10.0. The predicted molar refractivity (Wildman–Crippen MR) is 151 cm³/mol. The number of aromatic nitrogens is 1. The summed E-state index contributed by atoms with van der Waals surface area (Å²) in [6.45, 7) is 0.336. The molecule has 0 aliphatic heterocycles. The highest BCUT2D eigenvalue weighted by Gasteiger charge is 2.18. The first-order chi connectivity index (χ1) is 18.9. The Hall–Kier alpha value is -4.65. The van der Waals surface area contributed by atoms with Gasteiger partial charge in [-0.25, -0.2) is 0 Å². The van der Waals surface area contributed by atoms with Gasteiger partial charge < -0.3 is 19.5 Å². The van der Waals surface area contributed by atoms with Crippen LogP contribution in [-0.2, 0) is 22.6 Å². The molecule has 0 aliphatic rings. The van der Waals surface area contributed by atoms with E-state index in [1.54, 1.807) is 12.1 Å². The summed E-state index contributed by atoms with van der Waals surface area (Å²) in [5.74, 6) is -1.62. The highest BCUT2D eigenvalue weighted by Crippen LogP contribution is 2.28. The minimum atomic E-state index is -1.05. The second-order valence-corrected chi connectivity index (χ2v) is 9.32. The summed E-state index contributed by atoms with van der Waals surface area (Å²) in [6.07, 6.45) is 7.94. The zero-order chi connectivity index (χ0) is 27.6. The lowest BCUT2D eigenvalue weighted by Gasteiger charge is -2.07. The maximum absolute atomic E-state index is 12.7. The van der Waals surface area contributed by atoms with E-state index < -0.39 is 11.9 Å². The fourth-order valence-electron chi connectivity index (χ4n) is 4.50. The summed E-state index contributed by atoms with van der Waals surface area (Å²) >= 11 is 0. The normalized spacial score (nSPS) is 11.2. The molecule has 7 heteroatoms. The molecule has 39 heavy (non-hydrogen) atoms. The molecule has 2 N–H and O–H groups in total. The summed E-state index contributed by atoms with van der Waals surface area (Å²) in [6, 6.07) is 23.6. The van der Waals surface area contributed by atoms with E-state index >= 15 is 0 Å². The molecule has 0 fully saturated rings. The van der Waals surface area contributed by atoms with Crippen LogP contribution in [-0.4, -0.2) is 39.1 Å². The molecule has 0 radical (unpaired) electrons. The van der Waals surface area contributed by atoms with E-state index in [0.717, 1.165) is 36.1 Å². The van der Waals surface area contributed by atoms with Gasteiger partial charge in [0.25, 0.3) is 0 Å². The third-order valence-electron chi connectivity index (χ3n) is 6.41.